The lowest BCUT2D eigenvalue weighted by Crippen LogP contribution is -1.97. The van der Waals surface area contributed by atoms with Gasteiger partial charge in [-0.2, -0.15) is 0 Å². The van der Waals surface area contributed by atoms with E-state index < -0.39 is 15.7 Å². The number of benzene rings is 2. The smallest absolute Gasteiger partial charge is 0.175 e. The van der Waals surface area contributed by atoms with Crippen molar-refractivity contribution in [2.45, 2.75) is 4.90 Å². The molecule has 2 aromatic rings. The fraction of sp³-hybridized carbons (Fsp3) is 0.0714. The Labute approximate surface area is 115 Å². The van der Waals surface area contributed by atoms with E-state index in [1.54, 1.807) is 6.07 Å². The molecule has 0 saturated heterocycles. The van der Waals surface area contributed by atoms with Crippen LogP contribution in [0.2, 0.25) is 0 Å². The molecule has 0 atom stereocenters. The van der Waals surface area contributed by atoms with E-state index in [2.05, 4.69) is 0 Å². The molecule has 0 aliphatic rings. The minimum atomic E-state index is -3.35. The first-order chi connectivity index (χ1) is 9.38. The van der Waals surface area contributed by atoms with Gasteiger partial charge in [-0.25, -0.2) is 12.8 Å². The first-order valence-corrected chi connectivity index (χ1v) is 7.51. The van der Waals surface area contributed by atoms with Crippen LogP contribution in [0.4, 0.5) is 4.39 Å². The third kappa shape index (κ3) is 3.42. The molecule has 2 aromatic carbocycles. The Morgan fingerprint density at radius 1 is 1.10 bits per heavy atom. The van der Waals surface area contributed by atoms with E-state index in [0.29, 0.717) is 6.29 Å². The van der Waals surface area contributed by atoms with Crippen LogP contribution in [0.5, 0.6) is 11.5 Å². The van der Waals surface area contributed by atoms with E-state index in [4.69, 9.17) is 4.74 Å². The topological polar surface area (TPSA) is 60.4 Å². The largest absolute Gasteiger partial charge is 0.457 e. The number of ether oxygens (including phenoxy) is 1. The maximum Gasteiger partial charge on any atom is 0.175 e. The second-order valence-electron chi connectivity index (χ2n) is 4.19. The lowest BCUT2D eigenvalue weighted by atomic mass is 10.2. The molecule has 0 heterocycles. The van der Waals surface area contributed by atoms with E-state index in [1.807, 2.05) is 0 Å². The molecule has 0 aliphatic heterocycles. The summed E-state index contributed by atoms with van der Waals surface area (Å²) in [7, 11) is -3.35. The molecule has 4 nitrogen and oxygen atoms in total. The number of rotatable bonds is 4. The third-order valence-electron chi connectivity index (χ3n) is 2.50. The van der Waals surface area contributed by atoms with Crippen molar-refractivity contribution in [1.82, 2.24) is 0 Å². The predicted octanol–water partition coefficient (Wildman–Crippen LogP) is 2.83. The Hall–Kier alpha value is -2.21. The number of carbonyl (C=O) groups excluding carboxylic acids is 1. The predicted molar refractivity (Wildman–Crippen MR) is 71.4 cm³/mol. The molecule has 0 radical (unpaired) electrons. The van der Waals surface area contributed by atoms with Crippen molar-refractivity contribution in [3.8, 4) is 11.5 Å². The second kappa shape index (κ2) is 5.42. The van der Waals surface area contributed by atoms with Gasteiger partial charge in [0.1, 0.15) is 23.6 Å². The van der Waals surface area contributed by atoms with E-state index in [9.17, 15) is 17.6 Å². The number of sulfone groups is 1. The van der Waals surface area contributed by atoms with E-state index in [-0.39, 0.29) is 22.0 Å². The molecule has 0 amide bonds. The molecule has 0 N–H and O–H groups in total. The monoisotopic (exact) mass is 294 g/mol. The summed E-state index contributed by atoms with van der Waals surface area (Å²) < 4.78 is 41.5. The Bertz CT molecular complexity index is 754. The molecule has 0 bridgehead atoms. The molecule has 0 unspecified atom stereocenters. The SMILES string of the molecule is CS(=O)(=O)c1cccc(Oc2cc(F)cc(C=O)c2)c1. The van der Waals surface area contributed by atoms with E-state index in [1.165, 1.54) is 24.3 Å². The van der Waals surface area contributed by atoms with Gasteiger partial charge in [-0.15, -0.1) is 0 Å². The molecule has 6 heteroatoms. The van der Waals surface area contributed by atoms with Crippen molar-refractivity contribution in [1.29, 1.82) is 0 Å². The van der Waals surface area contributed by atoms with Crippen LogP contribution in [0.1, 0.15) is 10.4 Å². The number of aldehydes is 1. The Kier molecular flexibility index (Phi) is 3.85. The number of halogens is 1. The lowest BCUT2D eigenvalue weighted by molar-refractivity contribution is 0.112. The van der Waals surface area contributed by atoms with Crippen LogP contribution in [0, 0.1) is 5.82 Å². The van der Waals surface area contributed by atoms with Gasteiger partial charge in [0.15, 0.2) is 9.84 Å². The highest BCUT2D eigenvalue weighted by Crippen LogP contribution is 2.25. The molecule has 104 valence electrons. The van der Waals surface area contributed by atoms with E-state index >= 15 is 0 Å². The number of hydrogen-bond acceptors (Lipinski definition) is 4. The summed E-state index contributed by atoms with van der Waals surface area (Å²) in [5.74, 6) is -0.239. The van der Waals surface area contributed by atoms with Crippen molar-refractivity contribution in [3.63, 3.8) is 0 Å². The van der Waals surface area contributed by atoms with E-state index in [0.717, 1.165) is 18.4 Å². The number of carbonyl (C=O) groups is 1. The Morgan fingerprint density at radius 3 is 2.50 bits per heavy atom. The van der Waals surface area contributed by atoms with Gasteiger partial charge in [0.05, 0.1) is 4.90 Å². The zero-order valence-electron chi connectivity index (χ0n) is 10.5. The first-order valence-electron chi connectivity index (χ1n) is 5.62. The number of hydrogen-bond donors (Lipinski definition) is 0. The normalized spacial score (nSPS) is 11.1. The van der Waals surface area contributed by atoms with Gasteiger partial charge in [-0.1, -0.05) is 6.07 Å². The molecular weight excluding hydrogens is 283 g/mol. The van der Waals surface area contributed by atoms with Gasteiger partial charge in [0.2, 0.25) is 0 Å². The summed E-state index contributed by atoms with van der Waals surface area (Å²) >= 11 is 0. The molecule has 2 rings (SSSR count). The van der Waals surface area contributed by atoms with Crippen LogP contribution in [-0.2, 0) is 9.84 Å². The van der Waals surface area contributed by atoms with Gasteiger partial charge in [-0.05, 0) is 30.3 Å². The molecule has 0 aliphatic carbocycles. The molecule has 20 heavy (non-hydrogen) atoms. The minimum absolute atomic E-state index is 0.0991. The molecule has 0 fully saturated rings. The first kappa shape index (κ1) is 14.2. The second-order valence-corrected chi connectivity index (χ2v) is 6.20. The quantitative estimate of drug-likeness (QED) is 0.814. The van der Waals surface area contributed by atoms with Gasteiger partial charge < -0.3 is 4.74 Å². The van der Waals surface area contributed by atoms with Crippen molar-refractivity contribution in [2.24, 2.45) is 0 Å². The maximum atomic E-state index is 13.3. The average Bonchev–Trinajstić information content (AvgIpc) is 2.37. The van der Waals surface area contributed by atoms with Crippen molar-refractivity contribution in [3.05, 3.63) is 53.8 Å². The van der Waals surface area contributed by atoms with Crippen LogP contribution in [0.15, 0.2) is 47.4 Å². The summed E-state index contributed by atoms with van der Waals surface area (Å²) in [6.07, 6.45) is 1.58. The third-order valence-corrected chi connectivity index (χ3v) is 3.61. The summed E-state index contributed by atoms with van der Waals surface area (Å²) in [4.78, 5) is 10.7. The van der Waals surface area contributed by atoms with Gasteiger partial charge in [0.25, 0.3) is 0 Å². The average molecular weight is 294 g/mol. The summed E-state index contributed by atoms with van der Waals surface area (Å²) in [5.41, 5.74) is 0.138. The maximum absolute atomic E-state index is 13.3. The van der Waals surface area contributed by atoms with Gasteiger partial charge >= 0.3 is 0 Å². The fourth-order valence-corrected chi connectivity index (χ4v) is 2.27. The van der Waals surface area contributed by atoms with Crippen LogP contribution in [0.3, 0.4) is 0 Å². The lowest BCUT2D eigenvalue weighted by Gasteiger charge is -2.07. The fourth-order valence-electron chi connectivity index (χ4n) is 1.62. The Balaban J connectivity index is 2.35. The summed E-state index contributed by atoms with van der Waals surface area (Å²) in [5, 5.41) is 0. The van der Waals surface area contributed by atoms with Crippen molar-refractivity contribution >= 4 is 16.1 Å². The zero-order valence-corrected chi connectivity index (χ0v) is 11.4. The highest BCUT2D eigenvalue weighted by Gasteiger charge is 2.09. The molecule has 0 saturated carbocycles. The van der Waals surface area contributed by atoms with Crippen LogP contribution in [0.25, 0.3) is 0 Å². The van der Waals surface area contributed by atoms with Crippen LogP contribution < -0.4 is 4.74 Å². The zero-order chi connectivity index (χ0) is 14.8. The van der Waals surface area contributed by atoms with Crippen LogP contribution >= 0.6 is 0 Å². The standard InChI is InChI=1S/C14H11FO4S/c1-20(17,18)14-4-2-3-12(8-14)19-13-6-10(9-16)5-11(15)7-13/h2-9H,1H3. The minimum Gasteiger partial charge on any atom is -0.457 e. The van der Waals surface area contributed by atoms with Crippen molar-refractivity contribution < 1.29 is 22.3 Å². The van der Waals surface area contributed by atoms with Crippen molar-refractivity contribution in [2.75, 3.05) is 6.26 Å². The molecular formula is C14H11FO4S. The summed E-state index contributed by atoms with van der Waals surface area (Å²) in [6.45, 7) is 0. The Morgan fingerprint density at radius 2 is 1.85 bits per heavy atom. The summed E-state index contributed by atoms with van der Waals surface area (Å²) in [6, 6.07) is 9.38. The highest BCUT2D eigenvalue weighted by atomic mass is 32.2. The van der Waals surface area contributed by atoms with Gasteiger partial charge in [0, 0.05) is 17.9 Å². The van der Waals surface area contributed by atoms with Crippen LogP contribution in [-0.4, -0.2) is 21.0 Å². The highest BCUT2D eigenvalue weighted by molar-refractivity contribution is 7.90. The molecule has 0 spiro atoms. The van der Waals surface area contributed by atoms with Gasteiger partial charge in [-0.3, -0.25) is 4.79 Å². The molecule has 0 aromatic heterocycles.